The summed E-state index contributed by atoms with van der Waals surface area (Å²) in [7, 11) is 0. The van der Waals surface area contributed by atoms with Gasteiger partial charge in [-0.25, -0.2) is 9.69 Å². The summed E-state index contributed by atoms with van der Waals surface area (Å²) in [6.07, 6.45) is 0. The number of carboxylic acid groups (broad SMARTS) is 1. The van der Waals surface area contributed by atoms with Crippen molar-refractivity contribution in [3.8, 4) is 0 Å². The summed E-state index contributed by atoms with van der Waals surface area (Å²) in [5, 5.41) is 11.9. The highest BCUT2D eigenvalue weighted by Crippen LogP contribution is 2.33. The van der Waals surface area contributed by atoms with Gasteiger partial charge in [0.2, 0.25) is 0 Å². The molecule has 0 fully saturated rings. The number of halogens is 3. The predicted molar refractivity (Wildman–Crippen MR) is 98.9 cm³/mol. The molecule has 0 spiro atoms. The first kappa shape index (κ1) is 18.3. The van der Waals surface area contributed by atoms with Gasteiger partial charge in [0.1, 0.15) is 10.7 Å². The van der Waals surface area contributed by atoms with Crippen molar-refractivity contribution >= 4 is 64.0 Å². The first-order valence-electron chi connectivity index (χ1n) is 7.13. The molecule has 2 aromatic rings. The van der Waals surface area contributed by atoms with E-state index >= 15 is 0 Å². The van der Waals surface area contributed by atoms with Crippen LogP contribution in [0, 0.1) is 0 Å². The third-order valence-electron chi connectivity index (χ3n) is 3.57. The molecule has 3 rings (SSSR count). The van der Waals surface area contributed by atoms with Crippen molar-refractivity contribution in [2.24, 2.45) is 0 Å². The Balaban J connectivity index is 1.93. The van der Waals surface area contributed by atoms with E-state index in [-0.39, 0.29) is 32.0 Å². The molecule has 0 aromatic heterocycles. The highest BCUT2D eigenvalue weighted by Gasteiger charge is 2.39. The summed E-state index contributed by atoms with van der Waals surface area (Å²) in [6, 6.07) is 10.0. The average Bonchev–Trinajstić information content (AvgIpc) is 2.81. The van der Waals surface area contributed by atoms with Crippen LogP contribution < -0.4 is 10.2 Å². The highest BCUT2D eigenvalue weighted by molar-refractivity contribution is 6.53. The summed E-state index contributed by atoms with van der Waals surface area (Å²) in [4.78, 5) is 37.0. The molecule has 0 saturated carbocycles. The monoisotopic (exact) mass is 410 g/mol. The van der Waals surface area contributed by atoms with Gasteiger partial charge in [-0.3, -0.25) is 9.59 Å². The molecule has 1 heterocycles. The van der Waals surface area contributed by atoms with E-state index in [1.54, 1.807) is 6.07 Å². The fraction of sp³-hybridized carbons (Fsp3) is 0. The first-order valence-corrected chi connectivity index (χ1v) is 8.27. The second kappa shape index (κ2) is 6.99. The van der Waals surface area contributed by atoms with Gasteiger partial charge in [0.25, 0.3) is 11.8 Å². The zero-order valence-electron chi connectivity index (χ0n) is 12.8. The molecule has 26 heavy (non-hydrogen) atoms. The Morgan fingerprint density at radius 2 is 1.69 bits per heavy atom. The molecule has 0 aliphatic carbocycles. The van der Waals surface area contributed by atoms with Crippen molar-refractivity contribution < 1.29 is 19.5 Å². The van der Waals surface area contributed by atoms with Crippen LogP contribution in [0.2, 0.25) is 10.0 Å². The van der Waals surface area contributed by atoms with Crippen molar-refractivity contribution in [2.45, 2.75) is 0 Å². The number of aromatic carboxylic acids is 1. The second-order valence-electron chi connectivity index (χ2n) is 5.24. The SMILES string of the molecule is O=C(O)c1cccc(NC2=C(Cl)C(=O)N(c3ccc(Cl)c(Cl)c3)C2=O)c1. The molecular weight excluding hydrogens is 403 g/mol. The van der Waals surface area contributed by atoms with Crippen LogP contribution in [0.4, 0.5) is 11.4 Å². The number of nitrogens with zero attached hydrogens (tertiary/aromatic N) is 1. The number of hydrogen-bond donors (Lipinski definition) is 2. The van der Waals surface area contributed by atoms with Gasteiger partial charge < -0.3 is 10.4 Å². The third kappa shape index (κ3) is 3.26. The minimum Gasteiger partial charge on any atom is -0.478 e. The van der Waals surface area contributed by atoms with E-state index in [2.05, 4.69) is 5.32 Å². The molecule has 0 saturated heterocycles. The molecule has 0 radical (unpaired) electrons. The van der Waals surface area contributed by atoms with Crippen LogP contribution in [0.25, 0.3) is 0 Å². The van der Waals surface area contributed by atoms with Crippen LogP contribution in [-0.4, -0.2) is 22.9 Å². The number of carbonyl (C=O) groups excluding carboxylic acids is 2. The molecule has 132 valence electrons. The quantitative estimate of drug-likeness (QED) is 0.739. The minimum absolute atomic E-state index is 0.0184. The number of rotatable bonds is 4. The molecule has 0 bridgehead atoms. The second-order valence-corrected chi connectivity index (χ2v) is 6.44. The lowest BCUT2D eigenvalue weighted by Gasteiger charge is -2.15. The average molecular weight is 412 g/mol. The molecule has 2 amide bonds. The Hall–Kier alpha value is -2.54. The standard InChI is InChI=1S/C17H9Cl3N2O4/c18-11-5-4-10(7-12(11)19)22-15(23)13(20)14(16(22)24)21-9-3-1-2-8(6-9)17(25)26/h1-7,21H,(H,25,26). The number of nitrogens with one attached hydrogen (secondary N) is 1. The highest BCUT2D eigenvalue weighted by atomic mass is 35.5. The van der Waals surface area contributed by atoms with Crippen molar-refractivity contribution in [2.75, 3.05) is 10.2 Å². The summed E-state index contributed by atoms with van der Waals surface area (Å²) < 4.78 is 0. The largest absolute Gasteiger partial charge is 0.478 e. The van der Waals surface area contributed by atoms with E-state index in [1.807, 2.05) is 0 Å². The molecule has 0 atom stereocenters. The molecule has 1 aliphatic rings. The molecule has 6 nitrogen and oxygen atoms in total. The number of amides is 2. The van der Waals surface area contributed by atoms with Crippen LogP contribution in [0.15, 0.2) is 53.2 Å². The maximum atomic E-state index is 12.7. The number of hydrogen-bond acceptors (Lipinski definition) is 4. The van der Waals surface area contributed by atoms with Gasteiger partial charge in [-0.2, -0.15) is 0 Å². The molecule has 2 N–H and O–H groups in total. The first-order chi connectivity index (χ1) is 12.3. The Morgan fingerprint density at radius 3 is 2.35 bits per heavy atom. The Morgan fingerprint density at radius 1 is 0.962 bits per heavy atom. The van der Waals surface area contributed by atoms with Gasteiger partial charge in [-0.15, -0.1) is 0 Å². The number of anilines is 2. The van der Waals surface area contributed by atoms with E-state index in [1.165, 1.54) is 36.4 Å². The smallest absolute Gasteiger partial charge is 0.335 e. The predicted octanol–water partition coefficient (Wildman–Crippen LogP) is 4.13. The molecule has 2 aromatic carbocycles. The number of benzene rings is 2. The zero-order chi connectivity index (χ0) is 19.0. The third-order valence-corrected chi connectivity index (χ3v) is 4.66. The van der Waals surface area contributed by atoms with Gasteiger partial charge in [-0.05, 0) is 36.4 Å². The molecule has 1 aliphatic heterocycles. The Bertz CT molecular complexity index is 988. The number of carbonyl (C=O) groups is 3. The molecular formula is C17H9Cl3N2O4. The summed E-state index contributed by atoms with van der Waals surface area (Å²) in [5.74, 6) is -2.55. The molecule has 9 heteroatoms. The van der Waals surface area contributed by atoms with E-state index in [4.69, 9.17) is 39.9 Å². The van der Waals surface area contributed by atoms with Crippen molar-refractivity contribution in [1.82, 2.24) is 0 Å². The van der Waals surface area contributed by atoms with Crippen LogP contribution >= 0.6 is 34.8 Å². The maximum Gasteiger partial charge on any atom is 0.335 e. The lowest BCUT2D eigenvalue weighted by atomic mass is 10.2. The topological polar surface area (TPSA) is 86.7 Å². The summed E-state index contributed by atoms with van der Waals surface area (Å²) in [6.45, 7) is 0. The lowest BCUT2D eigenvalue weighted by molar-refractivity contribution is -0.120. The van der Waals surface area contributed by atoms with E-state index < -0.39 is 17.8 Å². The zero-order valence-corrected chi connectivity index (χ0v) is 15.1. The van der Waals surface area contributed by atoms with Crippen LogP contribution in [0.3, 0.4) is 0 Å². The van der Waals surface area contributed by atoms with Gasteiger partial charge in [-0.1, -0.05) is 40.9 Å². The summed E-state index contributed by atoms with van der Waals surface area (Å²) >= 11 is 17.8. The van der Waals surface area contributed by atoms with E-state index in [9.17, 15) is 14.4 Å². The fourth-order valence-electron chi connectivity index (χ4n) is 2.34. The lowest BCUT2D eigenvalue weighted by Crippen LogP contribution is -2.32. The maximum absolute atomic E-state index is 12.7. The Kier molecular flexibility index (Phi) is 4.91. The van der Waals surface area contributed by atoms with Crippen molar-refractivity contribution in [3.05, 3.63) is 68.8 Å². The van der Waals surface area contributed by atoms with Gasteiger partial charge in [0.05, 0.1) is 21.3 Å². The van der Waals surface area contributed by atoms with Gasteiger partial charge in [0, 0.05) is 5.69 Å². The van der Waals surface area contributed by atoms with Gasteiger partial charge >= 0.3 is 5.97 Å². The fourth-order valence-corrected chi connectivity index (χ4v) is 2.85. The number of imide groups is 1. The van der Waals surface area contributed by atoms with Crippen molar-refractivity contribution in [3.63, 3.8) is 0 Å². The van der Waals surface area contributed by atoms with E-state index in [0.29, 0.717) is 5.69 Å². The van der Waals surface area contributed by atoms with Crippen LogP contribution in [-0.2, 0) is 9.59 Å². The van der Waals surface area contributed by atoms with Crippen LogP contribution in [0.1, 0.15) is 10.4 Å². The van der Waals surface area contributed by atoms with Crippen LogP contribution in [0.5, 0.6) is 0 Å². The van der Waals surface area contributed by atoms with Gasteiger partial charge in [0.15, 0.2) is 0 Å². The van der Waals surface area contributed by atoms with Crippen molar-refractivity contribution in [1.29, 1.82) is 0 Å². The summed E-state index contributed by atoms with van der Waals surface area (Å²) in [5.41, 5.74) is 0.369. The normalized spacial score (nSPS) is 14.2. The molecule has 0 unspecified atom stereocenters. The Labute approximate surface area is 162 Å². The van der Waals surface area contributed by atoms with E-state index in [0.717, 1.165) is 4.90 Å². The minimum atomic E-state index is -1.13. The number of carboxylic acids is 1.